The molecule has 0 saturated heterocycles. The number of aromatic nitrogens is 1. The number of nitrogens with one attached hydrogen (secondary N) is 2. The number of methoxy groups -OCH3 is 1. The maximum absolute atomic E-state index is 12.3. The molecule has 140 valence electrons. The maximum atomic E-state index is 12.3. The lowest BCUT2D eigenvalue weighted by atomic mass is 10.1. The van der Waals surface area contributed by atoms with E-state index in [4.69, 9.17) is 14.2 Å². The number of aromatic amines is 1. The number of H-pyrrole nitrogens is 1. The van der Waals surface area contributed by atoms with Crippen molar-refractivity contribution in [3.05, 3.63) is 22.5 Å². The first-order valence-electron chi connectivity index (χ1n) is 8.10. The molecule has 1 aromatic rings. The van der Waals surface area contributed by atoms with Gasteiger partial charge in [-0.25, -0.2) is 4.79 Å². The number of aryl methyl sites for hydroxylation is 1. The van der Waals surface area contributed by atoms with E-state index < -0.39 is 11.9 Å². The summed E-state index contributed by atoms with van der Waals surface area (Å²) >= 11 is 0. The van der Waals surface area contributed by atoms with Crippen LogP contribution in [0.3, 0.4) is 0 Å². The van der Waals surface area contributed by atoms with Crippen LogP contribution in [-0.4, -0.2) is 55.8 Å². The van der Waals surface area contributed by atoms with E-state index in [-0.39, 0.29) is 37.3 Å². The summed E-state index contributed by atoms with van der Waals surface area (Å²) in [6.45, 7) is 7.46. The van der Waals surface area contributed by atoms with Crippen molar-refractivity contribution in [1.82, 2.24) is 10.3 Å². The standard InChI is InChI=1S/C17H26N2O6/c1-10(2)25-13(20)6-7-18-16(21)15-11(3)14(12(4)19-15)17(22)24-9-8-23-5/h10,19H,6-9H2,1-5H3,(H,18,21). The van der Waals surface area contributed by atoms with E-state index in [0.29, 0.717) is 23.4 Å². The average Bonchev–Trinajstić information content (AvgIpc) is 2.81. The summed E-state index contributed by atoms with van der Waals surface area (Å²) in [5.74, 6) is -1.28. The van der Waals surface area contributed by atoms with Crippen LogP contribution < -0.4 is 5.32 Å². The van der Waals surface area contributed by atoms with E-state index in [1.165, 1.54) is 7.11 Å². The fraction of sp³-hybridized carbons (Fsp3) is 0.588. The van der Waals surface area contributed by atoms with Crippen molar-refractivity contribution in [3.8, 4) is 0 Å². The molecular formula is C17H26N2O6. The first-order valence-corrected chi connectivity index (χ1v) is 8.10. The Balaban J connectivity index is 2.66. The molecule has 0 fully saturated rings. The Kier molecular flexibility index (Phi) is 8.13. The Labute approximate surface area is 147 Å². The fourth-order valence-electron chi connectivity index (χ4n) is 2.26. The topological polar surface area (TPSA) is 107 Å². The van der Waals surface area contributed by atoms with Gasteiger partial charge in [0, 0.05) is 19.3 Å². The van der Waals surface area contributed by atoms with Crippen LogP contribution in [0.4, 0.5) is 0 Å². The zero-order valence-corrected chi connectivity index (χ0v) is 15.4. The molecule has 1 amide bonds. The Morgan fingerprint density at radius 1 is 1.16 bits per heavy atom. The second-order valence-electron chi connectivity index (χ2n) is 5.80. The lowest BCUT2D eigenvalue weighted by Crippen LogP contribution is -2.28. The first kappa shape index (κ1) is 20.7. The Morgan fingerprint density at radius 3 is 2.44 bits per heavy atom. The van der Waals surface area contributed by atoms with Gasteiger partial charge in [0.25, 0.3) is 5.91 Å². The molecule has 0 atom stereocenters. The van der Waals surface area contributed by atoms with Crippen LogP contribution >= 0.6 is 0 Å². The molecule has 0 aliphatic rings. The number of ether oxygens (including phenoxy) is 3. The maximum Gasteiger partial charge on any atom is 0.340 e. The number of carbonyl (C=O) groups excluding carboxylic acids is 3. The fourth-order valence-corrected chi connectivity index (χ4v) is 2.26. The highest BCUT2D eigenvalue weighted by molar-refractivity contribution is 6.00. The molecule has 8 heteroatoms. The van der Waals surface area contributed by atoms with E-state index >= 15 is 0 Å². The summed E-state index contributed by atoms with van der Waals surface area (Å²) in [5, 5.41) is 2.63. The van der Waals surface area contributed by atoms with Gasteiger partial charge in [0.05, 0.1) is 24.7 Å². The SMILES string of the molecule is COCCOC(=O)c1c(C)[nH]c(C(=O)NCCC(=O)OC(C)C)c1C. The molecule has 25 heavy (non-hydrogen) atoms. The minimum Gasteiger partial charge on any atom is -0.463 e. The Hall–Kier alpha value is -2.35. The number of amides is 1. The van der Waals surface area contributed by atoms with Gasteiger partial charge in [0.1, 0.15) is 12.3 Å². The van der Waals surface area contributed by atoms with Gasteiger partial charge in [0.2, 0.25) is 0 Å². The van der Waals surface area contributed by atoms with Gasteiger partial charge in [-0.2, -0.15) is 0 Å². The molecule has 0 saturated carbocycles. The normalized spacial score (nSPS) is 10.6. The molecule has 0 spiro atoms. The predicted octanol–water partition coefficient (Wildman–Crippen LogP) is 1.51. The second kappa shape index (κ2) is 9.83. The molecule has 8 nitrogen and oxygen atoms in total. The molecule has 0 aliphatic heterocycles. The molecule has 0 bridgehead atoms. The van der Waals surface area contributed by atoms with Crippen molar-refractivity contribution in [2.45, 2.75) is 40.2 Å². The molecule has 0 aliphatic carbocycles. The van der Waals surface area contributed by atoms with Gasteiger partial charge in [-0.1, -0.05) is 0 Å². The van der Waals surface area contributed by atoms with Gasteiger partial charge in [-0.15, -0.1) is 0 Å². The van der Waals surface area contributed by atoms with Gasteiger partial charge in [0.15, 0.2) is 0 Å². The highest BCUT2D eigenvalue weighted by Crippen LogP contribution is 2.19. The van der Waals surface area contributed by atoms with Crippen LogP contribution in [0, 0.1) is 13.8 Å². The predicted molar refractivity (Wildman–Crippen MR) is 90.6 cm³/mol. The molecule has 0 radical (unpaired) electrons. The monoisotopic (exact) mass is 354 g/mol. The number of hydrogen-bond donors (Lipinski definition) is 2. The summed E-state index contributed by atoms with van der Waals surface area (Å²) < 4.78 is 14.9. The minimum absolute atomic E-state index is 0.0780. The van der Waals surface area contributed by atoms with E-state index in [1.54, 1.807) is 27.7 Å². The summed E-state index contributed by atoms with van der Waals surface area (Å²) in [5.41, 5.74) is 1.65. The summed E-state index contributed by atoms with van der Waals surface area (Å²) in [6.07, 6.45) is -0.114. The smallest absolute Gasteiger partial charge is 0.340 e. The third-order valence-electron chi connectivity index (χ3n) is 3.37. The second-order valence-corrected chi connectivity index (χ2v) is 5.80. The molecule has 1 aromatic heterocycles. The molecule has 0 aromatic carbocycles. The van der Waals surface area contributed by atoms with E-state index in [0.717, 1.165) is 0 Å². The van der Waals surface area contributed by atoms with Crippen molar-refractivity contribution < 1.29 is 28.6 Å². The molecule has 0 unspecified atom stereocenters. The van der Waals surface area contributed by atoms with Crippen molar-refractivity contribution >= 4 is 17.8 Å². The van der Waals surface area contributed by atoms with Crippen molar-refractivity contribution in [1.29, 1.82) is 0 Å². The van der Waals surface area contributed by atoms with E-state index in [2.05, 4.69) is 10.3 Å². The van der Waals surface area contributed by atoms with Gasteiger partial charge in [-0.3, -0.25) is 9.59 Å². The number of rotatable bonds is 9. The molecule has 2 N–H and O–H groups in total. The van der Waals surface area contributed by atoms with Crippen LogP contribution in [-0.2, 0) is 19.0 Å². The number of esters is 2. The highest BCUT2D eigenvalue weighted by Gasteiger charge is 2.23. The third-order valence-corrected chi connectivity index (χ3v) is 3.37. The van der Waals surface area contributed by atoms with Crippen molar-refractivity contribution in [2.75, 3.05) is 26.9 Å². The van der Waals surface area contributed by atoms with Gasteiger partial charge < -0.3 is 24.5 Å². The lowest BCUT2D eigenvalue weighted by Gasteiger charge is -2.08. The van der Waals surface area contributed by atoms with Crippen LogP contribution in [0.5, 0.6) is 0 Å². The molecule has 1 heterocycles. The van der Waals surface area contributed by atoms with Gasteiger partial charge in [-0.05, 0) is 33.3 Å². The molecular weight excluding hydrogens is 328 g/mol. The van der Waals surface area contributed by atoms with Crippen LogP contribution in [0.25, 0.3) is 0 Å². The number of hydrogen-bond acceptors (Lipinski definition) is 6. The van der Waals surface area contributed by atoms with Crippen LogP contribution in [0.1, 0.15) is 52.4 Å². The van der Waals surface area contributed by atoms with Crippen molar-refractivity contribution in [2.24, 2.45) is 0 Å². The summed E-state index contributed by atoms with van der Waals surface area (Å²) in [7, 11) is 1.51. The zero-order valence-electron chi connectivity index (χ0n) is 15.4. The number of carbonyl (C=O) groups is 3. The third kappa shape index (κ3) is 6.22. The van der Waals surface area contributed by atoms with Crippen molar-refractivity contribution in [3.63, 3.8) is 0 Å². The average molecular weight is 354 g/mol. The zero-order chi connectivity index (χ0) is 19.0. The van der Waals surface area contributed by atoms with Crippen LogP contribution in [0.15, 0.2) is 0 Å². The first-order chi connectivity index (χ1) is 11.8. The summed E-state index contributed by atoms with van der Waals surface area (Å²) in [6, 6.07) is 0. The molecule has 1 rings (SSSR count). The van der Waals surface area contributed by atoms with Gasteiger partial charge >= 0.3 is 11.9 Å². The Morgan fingerprint density at radius 2 is 1.84 bits per heavy atom. The lowest BCUT2D eigenvalue weighted by molar-refractivity contribution is -0.147. The van der Waals surface area contributed by atoms with E-state index in [1.807, 2.05) is 0 Å². The highest BCUT2D eigenvalue weighted by atomic mass is 16.6. The quantitative estimate of drug-likeness (QED) is 0.514. The van der Waals surface area contributed by atoms with E-state index in [9.17, 15) is 14.4 Å². The van der Waals surface area contributed by atoms with Crippen LogP contribution in [0.2, 0.25) is 0 Å². The Bertz CT molecular complexity index is 621. The largest absolute Gasteiger partial charge is 0.463 e. The summed E-state index contributed by atoms with van der Waals surface area (Å²) in [4.78, 5) is 38.7. The minimum atomic E-state index is -0.511.